The normalized spacial score (nSPS) is 27.4. The molecule has 0 amide bonds. The second-order valence-corrected chi connectivity index (χ2v) is 6.19. The van der Waals surface area contributed by atoms with Gasteiger partial charge in [-0.25, -0.2) is 0 Å². The quantitative estimate of drug-likeness (QED) is 0.893. The van der Waals surface area contributed by atoms with Crippen LogP contribution in [0.2, 0.25) is 10.0 Å². The van der Waals surface area contributed by atoms with Crippen LogP contribution in [0.5, 0.6) is 0 Å². The van der Waals surface area contributed by atoms with Gasteiger partial charge in [0.1, 0.15) is 0 Å². The minimum atomic E-state index is -0.720. The van der Waals surface area contributed by atoms with Gasteiger partial charge in [0.2, 0.25) is 0 Å². The van der Waals surface area contributed by atoms with Gasteiger partial charge in [0.25, 0.3) is 0 Å². The van der Waals surface area contributed by atoms with Gasteiger partial charge in [-0.05, 0) is 55.4 Å². The van der Waals surface area contributed by atoms with Crippen LogP contribution < -0.4 is 0 Å². The lowest BCUT2D eigenvalue weighted by molar-refractivity contribution is -0.148. The van der Waals surface area contributed by atoms with Crippen LogP contribution in [-0.4, -0.2) is 11.1 Å². The molecule has 98 valence electrons. The fourth-order valence-corrected chi connectivity index (χ4v) is 3.25. The lowest BCUT2D eigenvalue weighted by atomic mass is 9.79. The molecule has 2 rings (SSSR count). The largest absolute Gasteiger partial charge is 0.481 e. The van der Waals surface area contributed by atoms with Gasteiger partial charge >= 0.3 is 5.97 Å². The van der Waals surface area contributed by atoms with Crippen molar-refractivity contribution in [1.29, 1.82) is 0 Å². The zero-order chi connectivity index (χ0) is 13.3. The molecule has 1 aromatic rings. The van der Waals surface area contributed by atoms with Gasteiger partial charge in [0.15, 0.2) is 0 Å². The van der Waals surface area contributed by atoms with Crippen LogP contribution in [0, 0.1) is 11.3 Å². The molecule has 1 aliphatic rings. The molecule has 2 unspecified atom stereocenters. The molecular weight excluding hydrogens is 271 g/mol. The molecule has 1 saturated carbocycles. The Hall–Kier alpha value is -0.730. The van der Waals surface area contributed by atoms with Crippen LogP contribution >= 0.6 is 23.2 Å². The van der Waals surface area contributed by atoms with Crippen molar-refractivity contribution in [2.45, 2.75) is 32.6 Å². The number of carboxylic acids is 1. The van der Waals surface area contributed by atoms with E-state index in [9.17, 15) is 9.90 Å². The molecule has 0 aromatic heterocycles. The standard InChI is InChI=1S/C14H16Cl2O2/c1-9-4-5-14(7-9,13(17)18)8-10-6-11(15)2-3-12(10)16/h2-3,6,9H,4-5,7-8H2,1H3,(H,17,18). The SMILES string of the molecule is CC1CCC(Cc2cc(Cl)ccc2Cl)(C(=O)O)C1. The molecule has 0 aliphatic heterocycles. The van der Waals surface area contributed by atoms with Gasteiger partial charge in [-0.1, -0.05) is 30.1 Å². The summed E-state index contributed by atoms with van der Waals surface area (Å²) in [6, 6.07) is 5.23. The first kappa shape index (κ1) is 13.7. The van der Waals surface area contributed by atoms with Gasteiger partial charge < -0.3 is 5.11 Å². The van der Waals surface area contributed by atoms with Crippen LogP contribution in [0.25, 0.3) is 0 Å². The highest BCUT2D eigenvalue weighted by molar-refractivity contribution is 6.33. The molecule has 2 nitrogen and oxygen atoms in total. The van der Waals surface area contributed by atoms with E-state index in [1.54, 1.807) is 18.2 Å². The number of rotatable bonds is 3. The lowest BCUT2D eigenvalue weighted by Crippen LogP contribution is -2.30. The van der Waals surface area contributed by atoms with E-state index in [4.69, 9.17) is 23.2 Å². The summed E-state index contributed by atoms with van der Waals surface area (Å²) in [6.07, 6.45) is 2.86. The van der Waals surface area contributed by atoms with E-state index in [1.807, 2.05) is 0 Å². The van der Waals surface area contributed by atoms with Crippen LogP contribution in [-0.2, 0) is 11.2 Å². The lowest BCUT2D eigenvalue weighted by Gasteiger charge is -2.24. The summed E-state index contributed by atoms with van der Waals surface area (Å²) in [5, 5.41) is 10.7. The highest BCUT2D eigenvalue weighted by Crippen LogP contribution is 2.45. The first-order chi connectivity index (χ1) is 8.43. The minimum Gasteiger partial charge on any atom is -0.481 e. The maximum absolute atomic E-state index is 11.6. The average molecular weight is 287 g/mol. The molecule has 0 spiro atoms. The van der Waals surface area contributed by atoms with E-state index in [-0.39, 0.29) is 0 Å². The van der Waals surface area contributed by atoms with E-state index in [0.717, 1.165) is 12.0 Å². The van der Waals surface area contributed by atoms with Gasteiger partial charge in [-0.2, -0.15) is 0 Å². The zero-order valence-electron chi connectivity index (χ0n) is 10.2. The van der Waals surface area contributed by atoms with E-state index in [2.05, 4.69) is 6.92 Å². The third kappa shape index (κ3) is 2.65. The third-order valence-corrected chi connectivity index (χ3v) is 4.45. The number of carbonyl (C=O) groups is 1. The summed E-state index contributed by atoms with van der Waals surface area (Å²) < 4.78 is 0. The predicted octanol–water partition coefficient (Wildman–Crippen LogP) is 4.43. The maximum Gasteiger partial charge on any atom is 0.309 e. The van der Waals surface area contributed by atoms with Crippen molar-refractivity contribution in [3.05, 3.63) is 33.8 Å². The van der Waals surface area contributed by atoms with Crippen molar-refractivity contribution < 1.29 is 9.90 Å². The van der Waals surface area contributed by atoms with Crippen LogP contribution in [0.3, 0.4) is 0 Å². The molecule has 0 radical (unpaired) electrons. The van der Waals surface area contributed by atoms with Crippen LogP contribution in [0.1, 0.15) is 31.7 Å². The highest BCUT2D eigenvalue weighted by atomic mass is 35.5. The molecule has 0 heterocycles. The minimum absolute atomic E-state index is 0.457. The molecule has 2 atom stereocenters. The van der Waals surface area contributed by atoms with Crippen molar-refractivity contribution >= 4 is 29.2 Å². The molecule has 0 bridgehead atoms. The predicted molar refractivity (Wildman–Crippen MR) is 73.2 cm³/mol. The summed E-state index contributed by atoms with van der Waals surface area (Å²) in [7, 11) is 0. The van der Waals surface area contributed by atoms with Crippen molar-refractivity contribution in [3.63, 3.8) is 0 Å². The van der Waals surface area contributed by atoms with Crippen molar-refractivity contribution in [2.75, 3.05) is 0 Å². The van der Waals surface area contributed by atoms with E-state index in [1.165, 1.54) is 0 Å². The number of carboxylic acid groups (broad SMARTS) is 1. The Balaban J connectivity index is 2.30. The highest BCUT2D eigenvalue weighted by Gasteiger charge is 2.44. The van der Waals surface area contributed by atoms with Crippen molar-refractivity contribution in [3.8, 4) is 0 Å². The first-order valence-electron chi connectivity index (χ1n) is 6.10. The molecule has 4 heteroatoms. The fraction of sp³-hybridized carbons (Fsp3) is 0.500. The molecule has 1 aliphatic carbocycles. The van der Waals surface area contributed by atoms with E-state index < -0.39 is 11.4 Å². The molecule has 1 fully saturated rings. The van der Waals surface area contributed by atoms with Crippen molar-refractivity contribution in [1.82, 2.24) is 0 Å². The monoisotopic (exact) mass is 286 g/mol. The molecule has 0 saturated heterocycles. The second-order valence-electron chi connectivity index (χ2n) is 5.35. The summed E-state index contributed by atoms with van der Waals surface area (Å²) in [5.74, 6) is -0.262. The van der Waals surface area contributed by atoms with Gasteiger partial charge in [-0.15, -0.1) is 0 Å². The zero-order valence-corrected chi connectivity index (χ0v) is 11.8. The summed E-state index contributed by atoms with van der Waals surface area (Å²) in [5.41, 5.74) is 0.161. The fourth-order valence-electron chi connectivity index (χ4n) is 2.87. The number of benzene rings is 1. The number of aliphatic carboxylic acids is 1. The van der Waals surface area contributed by atoms with E-state index >= 15 is 0 Å². The Morgan fingerprint density at radius 1 is 1.50 bits per heavy atom. The Morgan fingerprint density at radius 2 is 2.22 bits per heavy atom. The Labute approximate surface area is 117 Å². The Kier molecular flexibility index (Phi) is 3.88. The van der Waals surface area contributed by atoms with Crippen molar-refractivity contribution in [2.24, 2.45) is 11.3 Å². The summed E-state index contributed by atoms with van der Waals surface area (Å²) in [6.45, 7) is 2.10. The van der Waals surface area contributed by atoms with Gasteiger partial charge in [-0.3, -0.25) is 4.79 Å². The van der Waals surface area contributed by atoms with Crippen LogP contribution in [0.15, 0.2) is 18.2 Å². The Morgan fingerprint density at radius 3 is 2.78 bits per heavy atom. The molecule has 1 aromatic carbocycles. The Bertz CT molecular complexity index is 473. The average Bonchev–Trinajstić information content (AvgIpc) is 2.67. The molecule has 18 heavy (non-hydrogen) atoms. The summed E-state index contributed by atoms with van der Waals surface area (Å²) >= 11 is 12.1. The van der Waals surface area contributed by atoms with Gasteiger partial charge in [0.05, 0.1) is 5.41 Å². The number of hydrogen-bond acceptors (Lipinski definition) is 1. The number of hydrogen-bond donors (Lipinski definition) is 1. The van der Waals surface area contributed by atoms with Crippen LogP contribution in [0.4, 0.5) is 0 Å². The third-order valence-electron chi connectivity index (χ3n) is 3.85. The smallest absolute Gasteiger partial charge is 0.309 e. The topological polar surface area (TPSA) is 37.3 Å². The maximum atomic E-state index is 11.6. The van der Waals surface area contributed by atoms with E-state index in [0.29, 0.717) is 35.2 Å². The first-order valence-corrected chi connectivity index (χ1v) is 6.86. The molecule has 1 N–H and O–H groups in total. The summed E-state index contributed by atoms with van der Waals surface area (Å²) in [4.78, 5) is 11.6. The van der Waals surface area contributed by atoms with Gasteiger partial charge in [0, 0.05) is 10.0 Å². The molecular formula is C14H16Cl2O2. The number of halogens is 2. The second kappa shape index (κ2) is 5.10.